The van der Waals surface area contributed by atoms with Crippen LogP contribution in [0, 0.1) is 6.92 Å². The first-order chi connectivity index (χ1) is 6.66. The van der Waals surface area contributed by atoms with E-state index >= 15 is 0 Å². The number of nitrogens with zero attached hydrogens (tertiary/aromatic N) is 2. The monoisotopic (exact) mass is 191 g/mol. The summed E-state index contributed by atoms with van der Waals surface area (Å²) in [6, 6.07) is 1.92. The van der Waals surface area contributed by atoms with Gasteiger partial charge in [0.15, 0.2) is 5.82 Å². The summed E-state index contributed by atoms with van der Waals surface area (Å²) in [4.78, 5) is 4.37. The fourth-order valence-corrected chi connectivity index (χ4v) is 1.22. The molecule has 4 heteroatoms. The van der Waals surface area contributed by atoms with E-state index in [-0.39, 0.29) is 0 Å². The Kier molecular flexibility index (Phi) is 2.11. The first kappa shape index (κ1) is 8.99. The normalized spacial score (nSPS) is 11.1. The first-order valence-corrected chi connectivity index (χ1v) is 4.64. The van der Waals surface area contributed by atoms with Crippen LogP contribution in [0.4, 0.5) is 0 Å². The molecule has 2 heterocycles. The number of aromatic nitrogens is 3. The molecule has 2 aromatic rings. The van der Waals surface area contributed by atoms with E-state index in [9.17, 15) is 0 Å². The maximum absolute atomic E-state index is 5.19. The number of H-pyrrole nitrogens is 1. The highest BCUT2D eigenvalue weighted by atomic mass is 16.3. The molecule has 0 bridgehead atoms. The summed E-state index contributed by atoms with van der Waals surface area (Å²) in [5.74, 6) is 2.84. The van der Waals surface area contributed by atoms with Gasteiger partial charge in [-0.2, -0.15) is 5.10 Å². The molecule has 0 saturated heterocycles. The van der Waals surface area contributed by atoms with Gasteiger partial charge >= 0.3 is 0 Å². The Bertz CT molecular complexity index is 428. The Hall–Kier alpha value is -1.58. The van der Waals surface area contributed by atoms with Gasteiger partial charge in [0, 0.05) is 5.92 Å². The minimum atomic E-state index is 0.365. The second-order valence-corrected chi connectivity index (χ2v) is 3.64. The van der Waals surface area contributed by atoms with E-state index in [1.54, 1.807) is 6.26 Å². The molecule has 0 amide bonds. The van der Waals surface area contributed by atoms with Gasteiger partial charge in [-0.15, -0.1) is 0 Å². The number of rotatable bonds is 2. The molecule has 0 saturated carbocycles. The minimum absolute atomic E-state index is 0.365. The number of hydrogen-bond acceptors (Lipinski definition) is 3. The van der Waals surface area contributed by atoms with Crippen molar-refractivity contribution in [2.24, 2.45) is 0 Å². The van der Waals surface area contributed by atoms with Crippen LogP contribution >= 0.6 is 0 Å². The topological polar surface area (TPSA) is 54.7 Å². The Labute approximate surface area is 82.4 Å². The van der Waals surface area contributed by atoms with Crippen molar-refractivity contribution < 1.29 is 4.42 Å². The van der Waals surface area contributed by atoms with Crippen LogP contribution in [0.25, 0.3) is 11.4 Å². The van der Waals surface area contributed by atoms with Gasteiger partial charge in [0.1, 0.15) is 17.8 Å². The zero-order chi connectivity index (χ0) is 10.1. The van der Waals surface area contributed by atoms with E-state index in [2.05, 4.69) is 29.0 Å². The van der Waals surface area contributed by atoms with Crippen LogP contribution in [0.15, 0.2) is 16.7 Å². The minimum Gasteiger partial charge on any atom is -0.469 e. The highest BCUT2D eigenvalue weighted by Crippen LogP contribution is 2.19. The van der Waals surface area contributed by atoms with Crippen LogP contribution in [-0.2, 0) is 0 Å². The van der Waals surface area contributed by atoms with E-state index in [1.165, 1.54) is 0 Å². The van der Waals surface area contributed by atoms with Crippen molar-refractivity contribution in [1.82, 2.24) is 15.2 Å². The molecule has 0 aliphatic carbocycles. The largest absolute Gasteiger partial charge is 0.469 e. The summed E-state index contributed by atoms with van der Waals surface area (Å²) in [6.07, 6.45) is 1.67. The lowest BCUT2D eigenvalue weighted by atomic mass is 10.2. The lowest BCUT2D eigenvalue weighted by Gasteiger charge is -1.94. The quantitative estimate of drug-likeness (QED) is 0.793. The smallest absolute Gasteiger partial charge is 0.184 e. The fraction of sp³-hybridized carbons (Fsp3) is 0.400. The molecule has 0 unspecified atom stereocenters. The average molecular weight is 191 g/mol. The molecular formula is C10H13N3O. The summed E-state index contributed by atoms with van der Waals surface area (Å²) >= 11 is 0. The molecule has 4 nitrogen and oxygen atoms in total. The third-order valence-corrected chi connectivity index (χ3v) is 2.04. The predicted octanol–water partition coefficient (Wildman–Crippen LogP) is 2.50. The molecule has 0 radical (unpaired) electrons. The van der Waals surface area contributed by atoms with Gasteiger partial charge in [-0.3, -0.25) is 5.10 Å². The summed E-state index contributed by atoms with van der Waals surface area (Å²) < 4.78 is 5.19. The summed E-state index contributed by atoms with van der Waals surface area (Å²) in [5.41, 5.74) is 0.922. The number of hydrogen-bond donors (Lipinski definition) is 1. The number of aryl methyl sites for hydroxylation is 1. The van der Waals surface area contributed by atoms with Crippen molar-refractivity contribution in [3.05, 3.63) is 23.9 Å². The van der Waals surface area contributed by atoms with E-state index in [0.29, 0.717) is 11.7 Å². The van der Waals surface area contributed by atoms with Crippen molar-refractivity contribution >= 4 is 0 Å². The standard InChI is InChI=1S/C10H13N3O/c1-6(2)9-11-10(13-12-9)8-4-7(3)14-5-8/h4-6H,1-3H3,(H,11,12,13). The molecule has 2 aromatic heterocycles. The third kappa shape index (κ3) is 1.55. The zero-order valence-corrected chi connectivity index (χ0v) is 8.53. The predicted molar refractivity (Wildman–Crippen MR) is 52.9 cm³/mol. The summed E-state index contributed by atoms with van der Waals surface area (Å²) in [6.45, 7) is 6.05. The first-order valence-electron chi connectivity index (χ1n) is 4.64. The van der Waals surface area contributed by atoms with Gasteiger partial charge in [-0.25, -0.2) is 4.98 Å². The fourth-order valence-electron chi connectivity index (χ4n) is 1.22. The molecule has 0 atom stereocenters. The molecule has 14 heavy (non-hydrogen) atoms. The lowest BCUT2D eigenvalue weighted by molar-refractivity contribution is 0.534. The van der Waals surface area contributed by atoms with Crippen LogP contribution in [0.1, 0.15) is 31.4 Å². The van der Waals surface area contributed by atoms with Gasteiger partial charge in [0.05, 0.1) is 5.56 Å². The highest BCUT2D eigenvalue weighted by molar-refractivity contribution is 5.53. The van der Waals surface area contributed by atoms with Crippen LogP contribution in [0.5, 0.6) is 0 Å². The van der Waals surface area contributed by atoms with Crippen LogP contribution in [0.2, 0.25) is 0 Å². The van der Waals surface area contributed by atoms with Gasteiger partial charge < -0.3 is 4.42 Å². The average Bonchev–Trinajstić information content (AvgIpc) is 2.70. The number of nitrogens with one attached hydrogen (secondary N) is 1. The van der Waals surface area contributed by atoms with Crippen LogP contribution in [-0.4, -0.2) is 15.2 Å². The molecule has 1 N–H and O–H groups in total. The molecule has 0 aliphatic heterocycles. The van der Waals surface area contributed by atoms with Crippen LogP contribution < -0.4 is 0 Å². The highest BCUT2D eigenvalue weighted by Gasteiger charge is 2.09. The molecule has 0 fully saturated rings. The van der Waals surface area contributed by atoms with E-state index in [4.69, 9.17) is 4.42 Å². The third-order valence-electron chi connectivity index (χ3n) is 2.04. The number of furan rings is 1. The number of aromatic amines is 1. The van der Waals surface area contributed by atoms with E-state index in [1.807, 2.05) is 13.0 Å². The SMILES string of the molecule is Cc1cc(-c2n[nH]c(C(C)C)n2)co1. The zero-order valence-electron chi connectivity index (χ0n) is 8.53. The van der Waals surface area contributed by atoms with Crippen molar-refractivity contribution in [2.45, 2.75) is 26.7 Å². The Morgan fingerprint density at radius 2 is 2.21 bits per heavy atom. The van der Waals surface area contributed by atoms with Gasteiger partial charge in [-0.1, -0.05) is 13.8 Å². The van der Waals surface area contributed by atoms with Gasteiger partial charge in [-0.05, 0) is 13.0 Å². The lowest BCUT2D eigenvalue weighted by Crippen LogP contribution is -1.89. The summed E-state index contributed by atoms with van der Waals surface area (Å²) in [5, 5.41) is 7.04. The maximum Gasteiger partial charge on any atom is 0.184 e. The van der Waals surface area contributed by atoms with Crippen LogP contribution in [0.3, 0.4) is 0 Å². The maximum atomic E-state index is 5.19. The van der Waals surface area contributed by atoms with Crippen molar-refractivity contribution in [3.8, 4) is 11.4 Å². The second-order valence-electron chi connectivity index (χ2n) is 3.64. The van der Waals surface area contributed by atoms with Gasteiger partial charge in [0.2, 0.25) is 0 Å². The molecule has 74 valence electrons. The molecular weight excluding hydrogens is 178 g/mol. The Morgan fingerprint density at radius 3 is 2.71 bits per heavy atom. The van der Waals surface area contributed by atoms with Crippen molar-refractivity contribution in [2.75, 3.05) is 0 Å². The van der Waals surface area contributed by atoms with Crippen molar-refractivity contribution in [3.63, 3.8) is 0 Å². The molecule has 0 spiro atoms. The Balaban J connectivity index is 2.33. The van der Waals surface area contributed by atoms with E-state index < -0.39 is 0 Å². The van der Waals surface area contributed by atoms with E-state index in [0.717, 1.165) is 17.1 Å². The van der Waals surface area contributed by atoms with Gasteiger partial charge in [0.25, 0.3) is 0 Å². The Morgan fingerprint density at radius 1 is 1.43 bits per heavy atom. The second kappa shape index (κ2) is 3.29. The molecule has 0 aromatic carbocycles. The molecule has 0 aliphatic rings. The summed E-state index contributed by atoms with van der Waals surface area (Å²) in [7, 11) is 0. The van der Waals surface area contributed by atoms with Crippen molar-refractivity contribution in [1.29, 1.82) is 0 Å². The molecule has 2 rings (SSSR count).